The largest absolute Gasteiger partial charge is 0.0617 e. The molecule has 1 aliphatic carbocycles. The number of halogens is 1. The lowest BCUT2D eigenvalue weighted by Crippen LogP contribution is -2.14. The summed E-state index contributed by atoms with van der Waals surface area (Å²) < 4.78 is 0. The number of fused-ring (bicyclic) bond motifs is 4. The molecule has 0 aliphatic heterocycles. The molecule has 0 saturated heterocycles. The standard InChI is InChI=1S/C22H25Br/c1-22(2,3)20-14-18-9-7-16-5-4-6-17(13-16)8-10-19(15-20)21(18)11-12-23/h4-6,11-15H,7-10H2,1-3H3/b12-11+. The Hall–Kier alpha value is -1.34. The van der Waals surface area contributed by atoms with E-state index in [2.05, 4.69) is 79.2 Å². The average Bonchev–Trinajstić information content (AvgIpc) is 2.51. The molecular formula is C22H25Br. The molecule has 0 fully saturated rings. The Labute approximate surface area is 148 Å². The molecule has 0 nitrogen and oxygen atoms in total. The van der Waals surface area contributed by atoms with Crippen LogP contribution in [0, 0.1) is 0 Å². The van der Waals surface area contributed by atoms with E-state index in [1.54, 1.807) is 0 Å². The quantitative estimate of drug-likeness (QED) is 0.559. The second-order valence-electron chi connectivity index (χ2n) is 7.57. The van der Waals surface area contributed by atoms with Gasteiger partial charge in [0.15, 0.2) is 0 Å². The highest BCUT2D eigenvalue weighted by Gasteiger charge is 2.18. The summed E-state index contributed by atoms with van der Waals surface area (Å²) in [5, 5.41) is 0. The van der Waals surface area contributed by atoms with Crippen molar-refractivity contribution in [3.05, 3.63) is 74.8 Å². The minimum atomic E-state index is 0.193. The highest BCUT2D eigenvalue weighted by molar-refractivity contribution is 9.11. The lowest BCUT2D eigenvalue weighted by Gasteiger charge is -2.24. The molecule has 0 heterocycles. The van der Waals surface area contributed by atoms with Crippen molar-refractivity contribution < 1.29 is 0 Å². The van der Waals surface area contributed by atoms with Gasteiger partial charge in [0.05, 0.1) is 0 Å². The summed E-state index contributed by atoms with van der Waals surface area (Å²) >= 11 is 3.48. The van der Waals surface area contributed by atoms with Gasteiger partial charge in [-0.15, -0.1) is 0 Å². The van der Waals surface area contributed by atoms with Crippen molar-refractivity contribution in [1.82, 2.24) is 0 Å². The van der Waals surface area contributed by atoms with Crippen LogP contribution in [0.4, 0.5) is 0 Å². The van der Waals surface area contributed by atoms with Crippen molar-refractivity contribution in [2.45, 2.75) is 51.9 Å². The Morgan fingerprint density at radius 3 is 1.91 bits per heavy atom. The third-order valence-electron chi connectivity index (χ3n) is 4.80. The minimum Gasteiger partial charge on any atom is -0.0617 e. The third-order valence-corrected chi connectivity index (χ3v) is 5.07. The molecule has 0 aromatic heterocycles. The minimum absolute atomic E-state index is 0.193. The van der Waals surface area contributed by atoms with E-state index in [-0.39, 0.29) is 5.41 Å². The molecule has 0 spiro atoms. The number of aryl methyl sites for hydroxylation is 4. The first-order valence-electron chi connectivity index (χ1n) is 8.48. The van der Waals surface area contributed by atoms with E-state index < -0.39 is 0 Å². The first-order chi connectivity index (χ1) is 11.0. The van der Waals surface area contributed by atoms with Gasteiger partial charge in [-0.3, -0.25) is 0 Å². The zero-order chi connectivity index (χ0) is 16.4. The predicted octanol–water partition coefficient (Wildman–Crippen LogP) is 6.23. The molecule has 0 unspecified atom stereocenters. The number of hydrogen-bond donors (Lipinski definition) is 0. The van der Waals surface area contributed by atoms with Crippen molar-refractivity contribution in [3.63, 3.8) is 0 Å². The second-order valence-corrected chi connectivity index (χ2v) is 8.10. The van der Waals surface area contributed by atoms with Crippen LogP contribution in [-0.4, -0.2) is 0 Å². The van der Waals surface area contributed by atoms with Gasteiger partial charge >= 0.3 is 0 Å². The van der Waals surface area contributed by atoms with Crippen molar-refractivity contribution in [1.29, 1.82) is 0 Å². The molecule has 3 rings (SSSR count). The summed E-state index contributed by atoms with van der Waals surface area (Å²) in [6.45, 7) is 6.93. The predicted molar refractivity (Wildman–Crippen MR) is 104 cm³/mol. The lowest BCUT2D eigenvalue weighted by molar-refractivity contribution is 0.588. The van der Waals surface area contributed by atoms with Crippen LogP contribution in [0.25, 0.3) is 6.08 Å². The zero-order valence-corrected chi connectivity index (χ0v) is 15.9. The van der Waals surface area contributed by atoms with Crippen LogP contribution in [0.15, 0.2) is 41.4 Å². The Balaban J connectivity index is 2.13. The molecule has 23 heavy (non-hydrogen) atoms. The van der Waals surface area contributed by atoms with Gasteiger partial charge in [-0.1, -0.05) is 73.1 Å². The second kappa shape index (κ2) is 6.65. The number of rotatable bonds is 1. The molecule has 0 amide bonds. The molecule has 0 atom stereocenters. The van der Waals surface area contributed by atoms with Crippen molar-refractivity contribution >= 4 is 22.0 Å². The van der Waals surface area contributed by atoms with E-state index >= 15 is 0 Å². The summed E-state index contributed by atoms with van der Waals surface area (Å²) in [5.74, 6) is 0. The Bertz CT molecular complexity index is 688. The molecule has 4 bridgehead atoms. The average molecular weight is 369 g/mol. The fourth-order valence-electron chi connectivity index (χ4n) is 3.40. The fraction of sp³-hybridized carbons (Fsp3) is 0.364. The smallest absolute Gasteiger partial charge is 0.0132 e. The van der Waals surface area contributed by atoms with Crippen LogP contribution in [0.2, 0.25) is 0 Å². The Kier molecular flexibility index (Phi) is 4.77. The molecule has 0 N–H and O–H groups in total. The fourth-order valence-corrected chi connectivity index (χ4v) is 3.67. The van der Waals surface area contributed by atoms with Crippen LogP contribution in [0.5, 0.6) is 0 Å². The van der Waals surface area contributed by atoms with E-state index in [4.69, 9.17) is 0 Å². The summed E-state index contributed by atoms with van der Waals surface area (Å²) in [7, 11) is 0. The van der Waals surface area contributed by atoms with Crippen molar-refractivity contribution in [2.24, 2.45) is 0 Å². The number of benzene rings is 2. The van der Waals surface area contributed by atoms with Gasteiger partial charge in [-0.25, -0.2) is 0 Å². The van der Waals surface area contributed by atoms with Crippen LogP contribution in [0.3, 0.4) is 0 Å². The summed E-state index contributed by atoms with van der Waals surface area (Å²) in [5.41, 5.74) is 8.95. The molecule has 0 saturated carbocycles. The normalized spacial score (nSPS) is 15.0. The molecule has 1 aliphatic rings. The van der Waals surface area contributed by atoms with Crippen molar-refractivity contribution in [3.8, 4) is 0 Å². The van der Waals surface area contributed by atoms with Gasteiger partial charge in [0.25, 0.3) is 0 Å². The first kappa shape index (κ1) is 16.5. The SMILES string of the molecule is CC(C)(C)c1cc2c(/C=C/Br)c(c1)CCc1cccc(c1)CC2. The molecule has 0 radical (unpaired) electrons. The van der Waals surface area contributed by atoms with E-state index in [0.717, 1.165) is 25.7 Å². The van der Waals surface area contributed by atoms with E-state index in [1.807, 2.05) is 4.99 Å². The maximum atomic E-state index is 3.48. The van der Waals surface area contributed by atoms with Crippen LogP contribution in [0.1, 0.15) is 54.2 Å². The van der Waals surface area contributed by atoms with Crippen molar-refractivity contribution in [2.75, 3.05) is 0 Å². The summed E-state index contributed by atoms with van der Waals surface area (Å²) in [6.07, 6.45) is 6.67. The third kappa shape index (κ3) is 3.77. The topological polar surface area (TPSA) is 0 Å². The monoisotopic (exact) mass is 368 g/mol. The summed E-state index contributed by atoms with van der Waals surface area (Å²) in [6, 6.07) is 14.0. The van der Waals surface area contributed by atoms with Gasteiger partial charge in [-0.2, -0.15) is 0 Å². The van der Waals surface area contributed by atoms with Crippen LogP contribution < -0.4 is 0 Å². The van der Waals surface area contributed by atoms with Crippen LogP contribution >= 0.6 is 15.9 Å². The molecule has 120 valence electrons. The Morgan fingerprint density at radius 1 is 0.870 bits per heavy atom. The van der Waals surface area contributed by atoms with Gasteiger partial charge in [-0.05, 0) is 75.5 Å². The van der Waals surface area contributed by atoms with Gasteiger partial charge in [0, 0.05) is 0 Å². The van der Waals surface area contributed by atoms with Crippen LogP contribution in [-0.2, 0) is 31.1 Å². The van der Waals surface area contributed by atoms with E-state index in [9.17, 15) is 0 Å². The van der Waals surface area contributed by atoms with Gasteiger partial charge in [0.2, 0.25) is 0 Å². The van der Waals surface area contributed by atoms with Gasteiger partial charge in [0.1, 0.15) is 0 Å². The maximum Gasteiger partial charge on any atom is -0.0132 e. The molecule has 2 aromatic rings. The first-order valence-corrected chi connectivity index (χ1v) is 9.40. The zero-order valence-electron chi connectivity index (χ0n) is 14.3. The summed E-state index contributed by atoms with van der Waals surface area (Å²) in [4.78, 5) is 2.00. The molecule has 2 aromatic carbocycles. The highest BCUT2D eigenvalue weighted by atomic mass is 79.9. The highest BCUT2D eigenvalue weighted by Crippen LogP contribution is 2.31. The molecule has 1 heteroatoms. The maximum absolute atomic E-state index is 3.48. The molecular weight excluding hydrogens is 344 g/mol. The van der Waals surface area contributed by atoms with E-state index in [0.29, 0.717) is 0 Å². The Morgan fingerprint density at radius 2 is 1.43 bits per heavy atom. The lowest BCUT2D eigenvalue weighted by atomic mass is 9.81. The van der Waals surface area contributed by atoms with E-state index in [1.165, 1.54) is 33.4 Å². The number of hydrogen-bond acceptors (Lipinski definition) is 0. The van der Waals surface area contributed by atoms with Gasteiger partial charge < -0.3 is 0 Å².